The average Bonchev–Trinajstić information content (AvgIpc) is 2.78. The number of hydrogen-bond acceptors (Lipinski definition) is 2. The van der Waals surface area contributed by atoms with Crippen LogP contribution in [0, 0.1) is 11.8 Å². The van der Waals surface area contributed by atoms with Gasteiger partial charge in [-0.25, -0.2) is 0 Å². The van der Waals surface area contributed by atoms with Gasteiger partial charge in [-0.15, -0.1) is 0 Å². The minimum absolute atomic E-state index is 0.188. The molecule has 0 spiro atoms. The monoisotopic (exact) mass is 261 g/mol. The molecule has 1 aromatic carbocycles. The van der Waals surface area contributed by atoms with Gasteiger partial charge in [0.2, 0.25) is 0 Å². The molecule has 1 aliphatic heterocycles. The summed E-state index contributed by atoms with van der Waals surface area (Å²) in [5.74, 6) is -0.0388. The van der Waals surface area contributed by atoms with Gasteiger partial charge >= 0.3 is 5.97 Å². The summed E-state index contributed by atoms with van der Waals surface area (Å²) in [5.41, 5.74) is 1.37. The summed E-state index contributed by atoms with van der Waals surface area (Å²) in [6.07, 6.45) is 1.09. The van der Waals surface area contributed by atoms with Gasteiger partial charge in [-0.3, -0.25) is 4.79 Å². The third-order valence-electron chi connectivity index (χ3n) is 4.25. The molecule has 3 nitrogen and oxygen atoms in total. The molecule has 19 heavy (non-hydrogen) atoms. The predicted octanol–water partition coefficient (Wildman–Crippen LogP) is 2.83. The largest absolute Gasteiger partial charge is 0.481 e. The van der Waals surface area contributed by atoms with Crippen LogP contribution in [0.2, 0.25) is 0 Å². The number of aliphatic carboxylic acids is 1. The second-order valence-electron chi connectivity index (χ2n) is 5.78. The molecular weight excluding hydrogens is 238 g/mol. The summed E-state index contributed by atoms with van der Waals surface area (Å²) in [4.78, 5) is 13.4. The Kier molecular flexibility index (Phi) is 4.59. The van der Waals surface area contributed by atoms with E-state index in [0.29, 0.717) is 12.5 Å². The Hall–Kier alpha value is -1.35. The normalized spacial score (nSPS) is 25.4. The maximum absolute atomic E-state index is 11.1. The third-order valence-corrected chi connectivity index (χ3v) is 4.25. The molecule has 104 valence electrons. The van der Waals surface area contributed by atoms with E-state index in [1.807, 2.05) is 13.0 Å². The number of benzene rings is 1. The highest BCUT2D eigenvalue weighted by Gasteiger charge is 2.34. The van der Waals surface area contributed by atoms with E-state index >= 15 is 0 Å². The number of hydrogen-bond donors (Lipinski definition) is 1. The van der Waals surface area contributed by atoms with Crippen molar-refractivity contribution in [1.82, 2.24) is 4.90 Å². The van der Waals surface area contributed by atoms with Gasteiger partial charge in [0.15, 0.2) is 0 Å². The number of carbonyl (C=O) groups is 1. The molecule has 0 aliphatic carbocycles. The number of nitrogens with zero attached hydrogens (tertiary/aromatic N) is 1. The summed E-state index contributed by atoms with van der Waals surface area (Å²) >= 11 is 0. The zero-order valence-corrected chi connectivity index (χ0v) is 11.7. The van der Waals surface area contributed by atoms with Crippen molar-refractivity contribution < 1.29 is 9.90 Å². The standard InChI is InChI=1S/C16H23NO2/c1-12(14-6-4-3-5-7-14)8-9-17-10-13(2)15(11-17)16(18)19/h3-7,12-13,15H,8-11H2,1-2H3,(H,18,19)/t12?,13-,15-/m1/s1. The van der Waals surface area contributed by atoms with Crippen molar-refractivity contribution in [2.75, 3.05) is 19.6 Å². The molecule has 1 saturated heterocycles. The maximum Gasteiger partial charge on any atom is 0.308 e. The fourth-order valence-corrected chi connectivity index (χ4v) is 2.90. The van der Waals surface area contributed by atoms with Crippen molar-refractivity contribution in [3.8, 4) is 0 Å². The van der Waals surface area contributed by atoms with Crippen LogP contribution in [0.4, 0.5) is 0 Å². The van der Waals surface area contributed by atoms with Gasteiger partial charge in [0, 0.05) is 13.1 Å². The summed E-state index contributed by atoms with van der Waals surface area (Å²) in [6, 6.07) is 10.5. The van der Waals surface area contributed by atoms with Gasteiger partial charge in [0.05, 0.1) is 5.92 Å². The van der Waals surface area contributed by atoms with Crippen molar-refractivity contribution in [3.63, 3.8) is 0 Å². The van der Waals surface area contributed by atoms with Crippen molar-refractivity contribution >= 4 is 5.97 Å². The molecular formula is C16H23NO2. The minimum Gasteiger partial charge on any atom is -0.481 e. The first-order chi connectivity index (χ1) is 9.08. The first kappa shape index (κ1) is 14.1. The van der Waals surface area contributed by atoms with E-state index in [1.54, 1.807) is 0 Å². The highest BCUT2D eigenvalue weighted by molar-refractivity contribution is 5.71. The van der Waals surface area contributed by atoms with Crippen molar-refractivity contribution in [2.24, 2.45) is 11.8 Å². The maximum atomic E-state index is 11.1. The van der Waals surface area contributed by atoms with Crippen LogP contribution in [0.15, 0.2) is 30.3 Å². The molecule has 1 aromatic rings. The van der Waals surface area contributed by atoms with E-state index < -0.39 is 5.97 Å². The van der Waals surface area contributed by atoms with Crippen LogP contribution in [0.5, 0.6) is 0 Å². The molecule has 2 rings (SSSR count). The third kappa shape index (κ3) is 3.57. The summed E-state index contributed by atoms with van der Waals surface area (Å²) in [5, 5.41) is 9.13. The Bertz CT molecular complexity index is 418. The predicted molar refractivity (Wildman–Crippen MR) is 76.2 cm³/mol. The molecule has 1 heterocycles. The van der Waals surface area contributed by atoms with E-state index in [4.69, 9.17) is 5.11 Å². The fraction of sp³-hybridized carbons (Fsp3) is 0.562. The Morgan fingerprint density at radius 1 is 1.37 bits per heavy atom. The lowest BCUT2D eigenvalue weighted by Gasteiger charge is -2.18. The molecule has 3 atom stereocenters. The van der Waals surface area contributed by atoms with Gasteiger partial charge in [0.1, 0.15) is 0 Å². The SMILES string of the molecule is CC(CCN1C[C@@H](C)[C@H](C(=O)O)C1)c1ccccc1. The second kappa shape index (κ2) is 6.20. The van der Waals surface area contributed by atoms with Crippen molar-refractivity contribution in [2.45, 2.75) is 26.2 Å². The van der Waals surface area contributed by atoms with Crippen LogP contribution in [0.3, 0.4) is 0 Å². The van der Waals surface area contributed by atoms with Crippen LogP contribution in [-0.4, -0.2) is 35.6 Å². The van der Waals surface area contributed by atoms with E-state index in [2.05, 4.69) is 36.1 Å². The quantitative estimate of drug-likeness (QED) is 0.886. The van der Waals surface area contributed by atoms with Crippen LogP contribution in [0.1, 0.15) is 31.7 Å². The van der Waals surface area contributed by atoms with E-state index in [-0.39, 0.29) is 11.8 Å². The smallest absolute Gasteiger partial charge is 0.308 e. The topological polar surface area (TPSA) is 40.5 Å². The second-order valence-corrected chi connectivity index (χ2v) is 5.78. The molecule has 1 fully saturated rings. The first-order valence-corrected chi connectivity index (χ1v) is 7.08. The molecule has 0 saturated carbocycles. The van der Waals surface area contributed by atoms with Gasteiger partial charge < -0.3 is 10.0 Å². The van der Waals surface area contributed by atoms with Crippen LogP contribution >= 0.6 is 0 Å². The number of carboxylic acid groups (broad SMARTS) is 1. The van der Waals surface area contributed by atoms with Crippen molar-refractivity contribution in [1.29, 1.82) is 0 Å². The Morgan fingerprint density at radius 2 is 2.05 bits per heavy atom. The van der Waals surface area contributed by atoms with E-state index in [0.717, 1.165) is 19.5 Å². The summed E-state index contributed by atoms with van der Waals surface area (Å²) < 4.78 is 0. The molecule has 0 bridgehead atoms. The average molecular weight is 261 g/mol. The zero-order chi connectivity index (χ0) is 13.8. The zero-order valence-electron chi connectivity index (χ0n) is 11.7. The molecule has 1 aliphatic rings. The van der Waals surface area contributed by atoms with Crippen LogP contribution in [0.25, 0.3) is 0 Å². The minimum atomic E-state index is -0.647. The summed E-state index contributed by atoms with van der Waals surface area (Å²) in [6.45, 7) is 6.89. The highest BCUT2D eigenvalue weighted by atomic mass is 16.4. The van der Waals surface area contributed by atoms with Crippen molar-refractivity contribution in [3.05, 3.63) is 35.9 Å². The van der Waals surface area contributed by atoms with Gasteiger partial charge in [-0.1, -0.05) is 44.2 Å². The number of carboxylic acids is 1. The number of rotatable bonds is 5. The molecule has 3 heteroatoms. The molecule has 1 N–H and O–H groups in total. The molecule has 1 unspecified atom stereocenters. The lowest BCUT2D eigenvalue weighted by molar-refractivity contribution is -0.142. The van der Waals surface area contributed by atoms with E-state index in [9.17, 15) is 4.79 Å². The summed E-state index contributed by atoms with van der Waals surface area (Å²) in [7, 11) is 0. The lowest BCUT2D eigenvalue weighted by Crippen LogP contribution is -2.25. The molecule has 0 amide bonds. The van der Waals surface area contributed by atoms with Crippen LogP contribution < -0.4 is 0 Å². The van der Waals surface area contributed by atoms with Gasteiger partial charge in [-0.2, -0.15) is 0 Å². The lowest BCUT2D eigenvalue weighted by atomic mass is 9.98. The Balaban J connectivity index is 1.82. The molecule has 0 aromatic heterocycles. The van der Waals surface area contributed by atoms with E-state index in [1.165, 1.54) is 5.56 Å². The highest BCUT2D eigenvalue weighted by Crippen LogP contribution is 2.25. The van der Waals surface area contributed by atoms with Gasteiger partial charge in [0.25, 0.3) is 0 Å². The Labute approximate surface area is 115 Å². The molecule has 0 radical (unpaired) electrons. The van der Waals surface area contributed by atoms with Crippen LogP contribution in [-0.2, 0) is 4.79 Å². The Morgan fingerprint density at radius 3 is 2.63 bits per heavy atom. The number of likely N-dealkylation sites (tertiary alicyclic amines) is 1. The van der Waals surface area contributed by atoms with Gasteiger partial charge in [-0.05, 0) is 30.4 Å². The fourth-order valence-electron chi connectivity index (χ4n) is 2.90. The first-order valence-electron chi connectivity index (χ1n) is 7.08.